The number of hydrogen-bond donors (Lipinski definition) is 0. The second kappa shape index (κ2) is 13.3. The zero-order valence-corrected chi connectivity index (χ0v) is 29.8. The summed E-state index contributed by atoms with van der Waals surface area (Å²) in [5.41, 5.74) is 0. The van der Waals surface area contributed by atoms with Crippen LogP contribution in [0.3, 0.4) is 0 Å². The first-order chi connectivity index (χ1) is 15.9. The van der Waals surface area contributed by atoms with Crippen LogP contribution in [-0.4, -0.2) is 85.9 Å². The molecule has 6 nitrogen and oxygen atoms in total. The van der Waals surface area contributed by atoms with Gasteiger partial charge in [-0.1, -0.05) is 0 Å². The molecule has 0 amide bonds. The molecule has 208 valence electrons. The molecule has 0 atom stereocenters. The van der Waals surface area contributed by atoms with Crippen molar-refractivity contribution in [3.8, 4) is 0 Å². The SMILES string of the molecule is CC(C)N(C(C)C)P(=S)(C1=NN=P(N(C(C)C)C(C)C)(N(C(C)C)C(C)C)[Se]1)N(C(C)C)C(C)C. The minimum atomic E-state index is -2.33. The molecule has 0 fully saturated rings. The van der Waals surface area contributed by atoms with E-state index in [9.17, 15) is 0 Å². The van der Waals surface area contributed by atoms with E-state index in [1.807, 2.05) is 0 Å². The molecule has 0 bridgehead atoms. The van der Waals surface area contributed by atoms with E-state index < -0.39 is 12.4 Å². The first kappa shape index (κ1) is 33.9. The van der Waals surface area contributed by atoms with Gasteiger partial charge >= 0.3 is 231 Å². The van der Waals surface area contributed by atoms with Gasteiger partial charge in [0.1, 0.15) is 0 Å². The molecule has 35 heavy (non-hydrogen) atoms. The predicted molar refractivity (Wildman–Crippen MR) is 165 cm³/mol. The third-order valence-corrected chi connectivity index (χ3v) is 24.5. The summed E-state index contributed by atoms with van der Waals surface area (Å²) in [6, 6.07) is 0.818. The van der Waals surface area contributed by atoms with Crippen molar-refractivity contribution in [2.75, 3.05) is 0 Å². The molecule has 0 saturated carbocycles. The fourth-order valence-electron chi connectivity index (χ4n) is 5.82. The van der Waals surface area contributed by atoms with Crippen molar-refractivity contribution in [1.82, 2.24) is 18.7 Å². The molecule has 1 aliphatic rings. The molecule has 0 N–H and O–H groups in total. The van der Waals surface area contributed by atoms with Crippen LogP contribution in [0, 0.1) is 0 Å². The van der Waals surface area contributed by atoms with E-state index in [1.165, 1.54) is 4.35 Å². The summed E-state index contributed by atoms with van der Waals surface area (Å²) in [6.07, 6.45) is -2.33. The standard InChI is InChI=1S/C25H56N6P2SSe/c1-17(2)28(18(3)4)32(34,29(19(5)6)20(7)8)25-26-27-33(35-25,30(21(9)10)22(11)12)31(23(13)14)24(15)16/h17-24H,1-16H3. The summed E-state index contributed by atoms with van der Waals surface area (Å²) in [6.45, 7) is 37.0. The van der Waals surface area contributed by atoms with Gasteiger partial charge in [0.15, 0.2) is 0 Å². The molecule has 0 radical (unpaired) electrons. The molecule has 0 aromatic rings. The molecule has 1 rings (SSSR count). The monoisotopic (exact) mass is 614 g/mol. The van der Waals surface area contributed by atoms with Gasteiger partial charge in [-0.15, -0.1) is 0 Å². The molecule has 1 aliphatic heterocycles. The Kier molecular flexibility index (Phi) is 12.9. The van der Waals surface area contributed by atoms with E-state index in [1.54, 1.807) is 0 Å². The van der Waals surface area contributed by atoms with Crippen molar-refractivity contribution in [2.45, 2.75) is 159 Å². The summed E-state index contributed by atoms with van der Waals surface area (Å²) in [5, 5.41) is 5.20. The summed E-state index contributed by atoms with van der Waals surface area (Å²) >= 11 is 6.98. The van der Waals surface area contributed by atoms with E-state index in [0.717, 1.165) is 0 Å². The molecular formula is C25H56N6P2SSe. The fourth-order valence-corrected chi connectivity index (χ4v) is 30.2. The zero-order valence-electron chi connectivity index (χ0n) is 25.5. The number of nitrogens with zero attached hydrogens (tertiary/aromatic N) is 6. The van der Waals surface area contributed by atoms with Crippen LogP contribution in [0.5, 0.6) is 0 Å². The predicted octanol–water partition coefficient (Wildman–Crippen LogP) is 7.71. The van der Waals surface area contributed by atoms with Crippen LogP contribution in [0.1, 0.15) is 111 Å². The van der Waals surface area contributed by atoms with Crippen LogP contribution < -0.4 is 0 Å². The molecule has 0 aromatic carbocycles. The van der Waals surface area contributed by atoms with Gasteiger partial charge in [0, 0.05) is 0 Å². The molecule has 0 saturated heterocycles. The normalized spacial score (nSPS) is 17.4. The molecule has 1 heterocycles. The Morgan fingerprint density at radius 2 is 0.857 bits per heavy atom. The number of rotatable bonds is 13. The van der Waals surface area contributed by atoms with E-state index in [-0.39, 0.29) is 14.5 Å². The van der Waals surface area contributed by atoms with Gasteiger partial charge in [-0.3, -0.25) is 0 Å². The molecule has 10 heteroatoms. The Hall–Kier alpha value is 0.909. The third-order valence-electron chi connectivity index (χ3n) is 6.16. The van der Waals surface area contributed by atoms with E-state index in [0.29, 0.717) is 48.3 Å². The van der Waals surface area contributed by atoms with E-state index in [4.69, 9.17) is 21.8 Å². The van der Waals surface area contributed by atoms with E-state index in [2.05, 4.69) is 129 Å². The van der Waals surface area contributed by atoms with Gasteiger partial charge in [-0.2, -0.15) is 0 Å². The van der Waals surface area contributed by atoms with Gasteiger partial charge < -0.3 is 0 Å². The Morgan fingerprint density at radius 1 is 0.571 bits per heavy atom. The minimum absolute atomic E-state index is 0.0651. The fraction of sp³-hybridized carbons (Fsp3) is 0.960. The Balaban J connectivity index is 3.95. The van der Waals surface area contributed by atoms with Crippen LogP contribution in [-0.2, 0) is 11.8 Å². The van der Waals surface area contributed by atoms with Crippen molar-refractivity contribution in [3.05, 3.63) is 0 Å². The maximum atomic E-state index is 6.92. The topological polar surface area (TPSA) is 37.7 Å². The van der Waals surface area contributed by atoms with Gasteiger partial charge in [-0.25, -0.2) is 0 Å². The molecular weight excluding hydrogens is 557 g/mol. The van der Waals surface area contributed by atoms with Gasteiger partial charge in [0.25, 0.3) is 0 Å². The van der Waals surface area contributed by atoms with Crippen molar-refractivity contribution >= 4 is 43.1 Å². The van der Waals surface area contributed by atoms with E-state index >= 15 is 0 Å². The van der Waals surface area contributed by atoms with Gasteiger partial charge in [-0.05, 0) is 0 Å². The quantitative estimate of drug-likeness (QED) is 0.157. The maximum absolute atomic E-state index is 6.92. The summed E-state index contributed by atoms with van der Waals surface area (Å²) in [5.74, 6) is 0. The summed E-state index contributed by atoms with van der Waals surface area (Å²) in [4.78, 5) is 5.39. The first-order valence-corrected chi connectivity index (χ1v) is 20.9. The van der Waals surface area contributed by atoms with Crippen LogP contribution in [0.15, 0.2) is 9.96 Å². The Bertz CT molecular complexity index is 743. The van der Waals surface area contributed by atoms with Gasteiger partial charge in [0.05, 0.1) is 0 Å². The van der Waals surface area contributed by atoms with Gasteiger partial charge in [0.2, 0.25) is 0 Å². The van der Waals surface area contributed by atoms with Crippen LogP contribution in [0.25, 0.3) is 0 Å². The van der Waals surface area contributed by atoms with Crippen molar-refractivity contribution in [3.63, 3.8) is 0 Å². The molecule has 0 unspecified atom stereocenters. The molecule has 0 aromatic heterocycles. The van der Waals surface area contributed by atoms with Crippen molar-refractivity contribution in [1.29, 1.82) is 0 Å². The number of hydrogen-bond acceptors (Lipinski definition) is 5. The van der Waals surface area contributed by atoms with Crippen LogP contribution in [0.4, 0.5) is 0 Å². The van der Waals surface area contributed by atoms with Crippen LogP contribution in [0.2, 0.25) is 0 Å². The summed E-state index contributed by atoms with van der Waals surface area (Å²) in [7, 11) is 0. The Morgan fingerprint density at radius 3 is 1.09 bits per heavy atom. The second-order valence-electron chi connectivity index (χ2n) is 11.9. The zero-order chi connectivity index (χ0) is 27.6. The van der Waals surface area contributed by atoms with Crippen molar-refractivity contribution in [2.24, 2.45) is 9.96 Å². The molecule has 0 aliphatic carbocycles. The first-order valence-electron chi connectivity index (χ1n) is 13.5. The molecule has 0 spiro atoms. The van der Waals surface area contributed by atoms with Crippen molar-refractivity contribution < 1.29 is 0 Å². The Labute approximate surface area is 230 Å². The van der Waals surface area contributed by atoms with Crippen LogP contribution >= 0.6 is 12.4 Å². The third kappa shape index (κ3) is 6.92. The second-order valence-corrected chi connectivity index (χ2v) is 23.9. The summed E-state index contributed by atoms with van der Waals surface area (Å²) < 4.78 is 11.8. The average molecular weight is 614 g/mol. The average Bonchev–Trinajstić information content (AvgIpc) is 3.04.